The van der Waals surface area contributed by atoms with E-state index < -0.39 is 12.0 Å². The van der Waals surface area contributed by atoms with Crippen LogP contribution in [0.15, 0.2) is 18.2 Å². The Labute approximate surface area is 148 Å². The average Bonchev–Trinajstić information content (AvgIpc) is 2.93. The summed E-state index contributed by atoms with van der Waals surface area (Å²) < 4.78 is 6.82. The SMILES string of the molecule is CCSCCOc1ccc2nc(CSCC(N)C(=O)O)sc2c1. The van der Waals surface area contributed by atoms with Crippen molar-refractivity contribution in [3.8, 4) is 5.75 Å². The highest BCUT2D eigenvalue weighted by Gasteiger charge is 2.12. The van der Waals surface area contributed by atoms with Gasteiger partial charge in [0, 0.05) is 17.3 Å². The Kier molecular flexibility index (Phi) is 7.48. The molecule has 3 N–H and O–H groups in total. The first-order valence-corrected chi connectivity index (χ1v) is 10.4. The summed E-state index contributed by atoms with van der Waals surface area (Å²) in [6.45, 7) is 2.84. The summed E-state index contributed by atoms with van der Waals surface area (Å²) in [4.78, 5) is 15.2. The van der Waals surface area contributed by atoms with E-state index >= 15 is 0 Å². The van der Waals surface area contributed by atoms with Crippen molar-refractivity contribution in [3.05, 3.63) is 23.2 Å². The Hall–Kier alpha value is -0.960. The number of thioether (sulfide) groups is 2. The molecule has 1 aromatic carbocycles. The zero-order valence-electron chi connectivity index (χ0n) is 12.9. The molecule has 0 radical (unpaired) electrons. The number of carboxylic acids is 1. The number of thiazole rings is 1. The fourth-order valence-electron chi connectivity index (χ4n) is 1.81. The van der Waals surface area contributed by atoms with Gasteiger partial charge in [0.2, 0.25) is 0 Å². The highest BCUT2D eigenvalue weighted by molar-refractivity contribution is 7.99. The van der Waals surface area contributed by atoms with Gasteiger partial charge in [0.25, 0.3) is 0 Å². The van der Waals surface area contributed by atoms with Crippen LogP contribution in [0, 0.1) is 0 Å². The number of hydrogen-bond acceptors (Lipinski definition) is 7. The molecular weight excluding hydrogens is 352 g/mol. The highest BCUT2D eigenvalue weighted by Crippen LogP contribution is 2.28. The normalized spacial score (nSPS) is 12.4. The van der Waals surface area contributed by atoms with E-state index in [1.54, 1.807) is 11.3 Å². The van der Waals surface area contributed by atoms with Crippen LogP contribution in [-0.2, 0) is 10.5 Å². The van der Waals surface area contributed by atoms with E-state index in [1.807, 2.05) is 30.0 Å². The lowest BCUT2D eigenvalue weighted by Crippen LogP contribution is -2.32. The summed E-state index contributed by atoms with van der Waals surface area (Å²) >= 11 is 4.96. The Balaban J connectivity index is 1.89. The predicted molar refractivity (Wildman–Crippen MR) is 99.9 cm³/mol. The second kappa shape index (κ2) is 9.36. The van der Waals surface area contributed by atoms with Gasteiger partial charge in [0.1, 0.15) is 16.8 Å². The monoisotopic (exact) mass is 372 g/mol. The molecule has 0 amide bonds. The number of ether oxygens (including phenoxy) is 1. The van der Waals surface area contributed by atoms with Crippen molar-refractivity contribution in [2.45, 2.75) is 18.7 Å². The molecule has 1 atom stereocenters. The number of fused-ring (bicyclic) bond motifs is 1. The number of benzene rings is 1. The Morgan fingerprint density at radius 2 is 2.30 bits per heavy atom. The van der Waals surface area contributed by atoms with Gasteiger partial charge in [-0.3, -0.25) is 4.79 Å². The standard InChI is InChI=1S/C15H20N2O3S3/c1-2-21-6-5-20-10-3-4-12-13(7-10)23-14(17-12)9-22-8-11(16)15(18)19/h3-4,7,11H,2,5-6,8-9,16H2,1H3,(H,18,19). The van der Waals surface area contributed by atoms with E-state index in [9.17, 15) is 4.79 Å². The number of carboxylic acid groups (broad SMARTS) is 1. The van der Waals surface area contributed by atoms with Gasteiger partial charge in [0.05, 0.1) is 16.8 Å². The molecular formula is C15H20N2O3S3. The van der Waals surface area contributed by atoms with Gasteiger partial charge in [-0.05, 0) is 24.0 Å². The number of hydrogen-bond donors (Lipinski definition) is 2. The fraction of sp³-hybridized carbons (Fsp3) is 0.467. The summed E-state index contributed by atoms with van der Waals surface area (Å²) in [7, 11) is 0. The third kappa shape index (κ3) is 5.87. The third-order valence-electron chi connectivity index (χ3n) is 2.94. The molecule has 5 nitrogen and oxygen atoms in total. The quantitative estimate of drug-likeness (QED) is 0.620. The first-order valence-electron chi connectivity index (χ1n) is 7.26. The molecule has 0 saturated carbocycles. The lowest BCUT2D eigenvalue weighted by Gasteiger charge is -2.04. The lowest BCUT2D eigenvalue weighted by molar-refractivity contribution is -0.137. The van der Waals surface area contributed by atoms with Crippen molar-refractivity contribution >= 4 is 51.0 Å². The molecule has 0 saturated heterocycles. The van der Waals surface area contributed by atoms with Crippen LogP contribution in [0.25, 0.3) is 10.2 Å². The van der Waals surface area contributed by atoms with E-state index in [-0.39, 0.29) is 0 Å². The topological polar surface area (TPSA) is 85.4 Å². The zero-order chi connectivity index (χ0) is 16.7. The minimum absolute atomic E-state index is 0.384. The van der Waals surface area contributed by atoms with Crippen LogP contribution in [0.4, 0.5) is 0 Å². The summed E-state index contributed by atoms with van der Waals surface area (Å²) in [5, 5.41) is 9.74. The first kappa shape index (κ1) is 18.4. The van der Waals surface area contributed by atoms with Crippen LogP contribution in [0.5, 0.6) is 5.75 Å². The minimum atomic E-state index is -0.968. The van der Waals surface area contributed by atoms with E-state index in [0.29, 0.717) is 18.1 Å². The number of nitrogens with zero attached hydrogens (tertiary/aromatic N) is 1. The van der Waals surface area contributed by atoms with Gasteiger partial charge >= 0.3 is 5.97 Å². The van der Waals surface area contributed by atoms with E-state index in [2.05, 4.69) is 11.9 Å². The molecule has 23 heavy (non-hydrogen) atoms. The highest BCUT2D eigenvalue weighted by atomic mass is 32.2. The van der Waals surface area contributed by atoms with Gasteiger partial charge in [0.15, 0.2) is 0 Å². The molecule has 1 aromatic heterocycles. The van der Waals surface area contributed by atoms with Gasteiger partial charge in [-0.25, -0.2) is 4.98 Å². The molecule has 0 bridgehead atoms. The molecule has 0 aliphatic heterocycles. The molecule has 1 heterocycles. The van der Waals surface area contributed by atoms with Gasteiger partial charge in [-0.2, -0.15) is 23.5 Å². The van der Waals surface area contributed by atoms with Gasteiger partial charge in [-0.1, -0.05) is 6.92 Å². The number of aromatic nitrogens is 1. The maximum Gasteiger partial charge on any atom is 0.321 e. The van der Waals surface area contributed by atoms with Crippen LogP contribution in [-0.4, -0.2) is 46.0 Å². The smallest absolute Gasteiger partial charge is 0.321 e. The van der Waals surface area contributed by atoms with Crippen molar-refractivity contribution in [1.82, 2.24) is 4.98 Å². The van der Waals surface area contributed by atoms with Crippen LogP contribution < -0.4 is 10.5 Å². The fourth-order valence-corrected chi connectivity index (χ4v) is 4.33. The molecule has 126 valence electrons. The largest absolute Gasteiger partial charge is 0.493 e. The van der Waals surface area contributed by atoms with Crippen LogP contribution >= 0.6 is 34.9 Å². The number of rotatable bonds is 10. The van der Waals surface area contributed by atoms with Crippen LogP contribution in [0.3, 0.4) is 0 Å². The first-order chi connectivity index (χ1) is 11.1. The molecule has 0 fully saturated rings. The molecule has 2 aromatic rings. The van der Waals surface area contributed by atoms with Gasteiger partial charge < -0.3 is 15.6 Å². The number of nitrogens with two attached hydrogens (primary N) is 1. The molecule has 8 heteroatoms. The molecule has 0 aliphatic rings. The maximum atomic E-state index is 10.7. The number of carbonyl (C=O) groups is 1. The molecule has 1 unspecified atom stereocenters. The molecule has 0 aliphatic carbocycles. The average molecular weight is 373 g/mol. The Bertz CT molecular complexity index is 648. The van der Waals surface area contributed by atoms with Crippen LogP contribution in [0.1, 0.15) is 11.9 Å². The van der Waals surface area contributed by atoms with E-state index in [4.69, 9.17) is 15.6 Å². The van der Waals surface area contributed by atoms with Gasteiger partial charge in [-0.15, -0.1) is 11.3 Å². The van der Waals surface area contributed by atoms with Crippen LogP contribution in [0.2, 0.25) is 0 Å². The van der Waals surface area contributed by atoms with Crippen molar-refractivity contribution in [2.75, 3.05) is 23.9 Å². The molecule has 0 spiro atoms. The second-order valence-electron chi connectivity index (χ2n) is 4.74. The van der Waals surface area contributed by atoms with E-state index in [0.717, 1.165) is 32.5 Å². The Morgan fingerprint density at radius 3 is 3.04 bits per heavy atom. The van der Waals surface area contributed by atoms with Crippen molar-refractivity contribution in [3.63, 3.8) is 0 Å². The van der Waals surface area contributed by atoms with E-state index in [1.165, 1.54) is 11.8 Å². The van der Waals surface area contributed by atoms with Crippen molar-refractivity contribution < 1.29 is 14.6 Å². The number of aliphatic carboxylic acids is 1. The second-order valence-corrected chi connectivity index (χ2v) is 8.28. The Morgan fingerprint density at radius 1 is 1.48 bits per heavy atom. The van der Waals surface area contributed by atoms with Crippen molar-refractivity contribution in [1.29, 1.82) is 0 Å². The van der Waals surface area contributed by atoms with Crippen molar-refractivity contribution in [2.24, 2.45) is 5.73 Å². The summed E-state index contributed by atoms with van der Waals surface area (Å²) in [6.07, 6.45) is 0. The third-order valence-corrected chi connectivity index (χ3v) is 6.08. The minimum Gasteiger partial charge on any atom is -0.493 e. The maximum absolute atomic E-state index is 10.7. The summed E-state index contributed by atoms with van der Waals surface area (Å²) in [5.41, 5.74) is 6.44. The lowest BCUT2D eigenvalue weighted by atomic mass is 10.3. The zero-order valence-corrected chi connectivity index (χ0v) is 15.3. The summed E-state index contributed by atoms with van der Waals surface area (Å²) in [5.74, 6) is 3.04. The summed E-state index contributed by atoms with van der Waals surface area (Å²) in [6, 6.07) is 5.09. The predicted octanol–water partition coefficient (Wildman–Crippen LogP) is 3.07. The molecule has 2 rings (SSSR count).